The zero-order valence-corrected chi connectivity index (χ0v) is 14.7. The van der Waals surface area contributed by atoms with Gasteiger partial charge in [0.25, 0.3) is 0 Å². The van der Waals surface area contributed by atoms with Crippen molar-refractivity contribution in [2.24, 2.45) is 5.73 Å². The summed E-state index contributed by atoms with van der Waals surface area (Å²) in [4.78, 5) is 5.15. The summed E-state index contributed by atoms with van der Waals surface area (Å²) in [6, 6.07) is 0. The van der Waals surface area contributed by atoms with E-state index in [0.29, 0.717) is 6.10 Å². The van der Waals surface area contributed by atoms with Crippen molar-refractivity contribution in [3.8, 4) is 0 Å². The van der Waals surface area contributed by atoms with E-state index in [1.165, 1.54) is 32.4 Å². The molecule has 126 valence electrons. The fourth-order valence-corrected chi connectivity index (χ4v) is 3.77. The number of nitrogens with two attached hydrogens (primary N) is 1. The Morgan fingerprint density at radius 2 is 1.67 bits per heavy atom. The minimum absolute atomic E-state index is 0.215. The summed E-state index contributed by atoms with van der Waals surface area (Å²) in [6.45, 7) is 13.3. The molecule has 0 aromatic rings. The molecule has 0 radical (unpaired) electrons. The first-order chi connectivity index (χ1) is 10.2. The molecule has 1 aliphatic rings. The highest BCUT2D eigenvalue weighted by atomic mass is 16.5. The van der Waals surface area contributed by atoms with Crippen LogP contribution in [0.15, 0.2) is 0 Å². The van der Waals surface area contributed by atoms with E-state index in [1.54, 1.807) is 0 Å². The summed E-state index contributed by atoms with van der Waals surface area (Å²) in [5.41, 5.74) is 6.41. The quantitative estimate of drug-likeness (QED) is 0.672. The fraction of sp³-hybridized carbons (Fsp3) is 1.00. The number of hydrogen-bond donors (Lipinski definition) is 1. The van der Waals surface area contributed by atoms with Crippen molar-refractivity contribution < 1.29 is 4.74 Å². The van der Waals surface area contributed by atoms with Crippen molar-refractivity contribution in [3.63, 3.8) is 0 Å². The monoisotopic (exact) mass is 299 g/mol. The van der Waals surface area contributed by atoms with E-state index >= 15 is 0 Å². The Hall–Kier alpha value is -0.160. The third kappa shape index (κ3) is 5.20. The molecule has 0 aromatic heterocycles. The number of hydrogen-bond acceptors (Lipinski definition) is 4. The Morgan fingerprint density at radius 1 is 1.05 bits per heavy atom. The predicted molar refractivity (Wildman–Crippen MR) is 90.7 cm³/mol. The number of likely N-dealkylation sites (N-methyl/N-ethyl adjacent to an activating group) is 1. The molecule has 1 fully saturated rings. The lowest BCUT2D eigenvalue weighted by molar-refractivity contribution is -0.00617. The van der Waals surface area contributed by atoms with Crippen LogP contribution < -0.4 is 5.73 Å². The van der Waals surface area contributed by atoms with Crippen molar-refractivity contribution >= 4 is 0 Å². The minimum Gasteiger partial charge on any atom is -0.381 e. The van der Waals surface area contributed by atoms with Gasteiger partial charge in [0.15, 0.2) is 0 Å². The molecule has 0 aliphatic heterocycles. The molecule has 0 bridgehead atoms. The van der Waals surface area contributed by atoms with Crippen molar-refractivity contribution in [2.75, 3.05) is 46.4 Å². The molecule has 2 N–H and O–H groups in total. The zero-order valence-electron chi connectivity index (χ0n) is 14.7. The van der Waals surface area contributed by atoms with Crippen LogP contribution in [0.25, 0.3) is 0 Å². The van der Waals surface area contributed by atoms with Crippen LogP contribution in [0.3, 0.4) is 0 Å². The number of nitrogens with zero attached hydrogens (tertiary/aromatic N) is 2. The van der Waals surface area contributed by atoms with Gasteiger partial charge < -0.3 is 15.4 Å². The fourth-order valence-electron chi connectivity index (χ4n) is 3.77. The molecule has 0 spiro atoms. The topological polar surface area (TPSA) is 41.7 Å². The first kappa shape index (κ1) is 18.9. The molecular formula is C17H37N3O. The first-order valence-corrected chi connectivity index (χ1v) is 8.86. The molecule has 1 rings (SSSR count). The van der Waals surface area contributed by atoms with Gasteiger partial charge in [-0.2, -0.15) is 0 Å². The molecule has 4 heteroatoms. The molecule has 0 amide bonds. The Labute approximate surface area is 132 Å². The van der Waals surface area contributed by atoms with Gasteiger partial charge in [-0.25, -0.2) is 0 Å². The number of ether oxygens (including phenoxy) is 1. The van der Waals surface area contributed by atoms with Gasteiger partial charge in [-0.3, -0.25) is 4.90 Å². The highest BCUT2D eigenvalue weighted by Gasteiger charge is 2.38. The van der Waals surface area contributed by atoms with E-state index in [2.05, 4.69) is 30.6 Å². The maximum atomic E-state index is 6.19. The summed E-state index contributed by atoms with van der Waals surface area (Å²) < 4.78 is 5.52. The van der Waals surface area contributed by atoms with Crippen LogP contribution >= 0.6 is 0 Å². The number of methoxy groups -OCH3 is 1. The van der Waals surface area contributed by atoms with Crippen LogP contribution in [0, 0.1) is 0 Å². The summed E-state index contributed by atoms with van der Waals surface area (Å²) in [7, 11) is 1.84. The van der Waals surface area contributed by atoms with E-state index in [4.69, 9.17) is 10.5 Å². The van der Waals surface area contributed by atoms with Crippen LogP contribution in [0.4, 0.5) is 0 Å². The second-order valence-electron chi connectivity index (χ2n) is 6.32. The van der Waals surface area contributed by atoms with E-state index < -0.39 is 0 Å². The number of rotatable bonds is 10. The lowest BCUT2D eigenvalue weighted by Crippen LogP contribution is -2.56. The van der Waals surface area contributed by atoms with Crippen LogP contribution in [-0.2, 0) is 4.74 Å². The molecule has 0 unspecified atom stereocenters. The predicted octanol–water partition coefficient (Wildman–Crippen LogP) is 2.33. The molecular weight excluding hydrogens is 262 g/mol. The van der Waals surface area contributed by atoms with Crippen molar-refractivity contribution in [1.82, 2.24) is 9.80 Å². The van der Waals surface area contributed by atoms with Crippen molar-refractivity contribution in [2.45, 2.75) is 64.5 Å². The molecule has 1 saturated carbocycles. The average molecular weight is 300 g/mol. The third-order valence-electron chi connectivity index (χ3n) is 5.43. The molecule has 21 heavy (non-hydrogen) atoms. The van der Waals surface area contributed by atoms with E-state index in [0.717, 1.165) is 39.0 Å². The molecule has 1 aliphatic carbocycles. The standard InChI is InChI=1S/C17H37N3O/c1-5-19(6-2)13-8-14-20(7-3)17(15-18)11-9-16(21-4)10-12-17/h16H,5-15,18H2,1-4H3. The van der Waals surface area contributed by atoms with Gasteiger partial charge in [-0.15, -0.1) is 0 Å². The SMILES string of the molecule is CCN(CC)CCCN(CC)C1(CN)CCC(OC)CC1. The Balaban J connectivity index is 2.51. The summed E-state index contributed by atoms with van der Waals surface area (Å²) in [5.74, 6) is 0. The minimum atomic E-state index is 0.215. The lowest BCUT2D eigenvalue weighted by Gasteiger charge is -2.47. The van der Waals surface area contributed by atoms with Crippen LogP contribution in [0.1, 0.15) is 52.9 Å². The molecule has 4 nitrogen and oxygen atoms in total. The van der Waals surface area contributed by atoms with Gasteiger partial charge in [0.1, 0.15) is 0 Å². The van der Waals surface area contributed by atoms with Gasteiger partial charge in [-0.05, 0) is 64.8 Å². The van der Waals surface area contributed by atoms with E-state index in [1.807, 2.05) is 7.11 Å². The Bertz CT molecular complexity index is 261. The maximum absolute atomic E-state index is 6.19. The van der Waals surface area contributed by atoms with Crippen LogP contribution in [-0.4, -0.2) is 67.8 Å². The lowest BCUT2D eigenvalue weighted by atomic mass is 9.78. The van der Waals surface area contributed by atoms with E-state index in [-0.39, 0.29) is 5.54 Å². The Morgan fingerprint density at radius 3 is 2.10 bits per heavy atom. The van der Waals surface area contributed by atoms with Gasteiger partial charge >= 0.3 is 0 Å². The largest absolute Gasteiger partial charge is 0.381 e. The molecule has 0 aromatic carbocycles. The Kier molecular flexibility index (Phi) is 8.79. The van der Waals surface area contributed by atoms with Crippen LogP contribution in [0.2, 0.25) is 0 Å². The zero-order chi connectivity index (χ0) is 15.7. The molecule has 0 heterocycles. The van der Waals surface area contributed by atoms with Crippen molar-refractivity contribution in [3.05, 3.63) is 0 Å². The summed E-state index contributed by atoms with van der Waals surface area (Å²) in [5, 5.41) is 0. The maximum Gasteiger partial charge on any atom is 0.0572 e. The third-order valence-corrected chi connectivity index (χ3v) is 5.43. The average Bonchev–Trinajstić information content (AvgIpc) is 2.55. The smallest absolute Gasteiger partial charge is 0.0572 e. The highest BCUT2D eigenvalue weighted by Crippen LogP contribution is 2.34. The second kappa shape index (κ2) is 9.78. The second-order valence-corrected chi connectivity index (χ2v) is 6.32. The van der Waals surface area contributed by atoms with Gasteiger partial charge in [0.2, 0.25) is 0 Å². The van der Waals surface area contributed by atoms with Gasteiger partial charge in [-0.1, -0.05) is 20.8 Å². The van der Waals surface area contributed by atoms with E-state index in [9.17, 15) is 0 Å². The van der Waals surface area contributed by atoms with Crippen LogP contribution in [0.5, 0.6) is 0 Å². The molecule has 0 atom stereocenters. The van der Waals surface area contributed by atoms with Gasteiger partial charge in [0.05, 0.1) is 6.10 Å². The first-order valence-electron chi connectivity index (χ1n) is 8.86. The van der Waals surface area contributed by atoms with Gasteiger partial charge in [0, 0.05) is 19.2 Å². The highest BCUT2D eigenvalue weighted by molar-refractivity contribution is 4.96. The summed E-state index contributed by atoms with van der Waals surface area (Å²) >= 11 is 0. The molecule has 0 saturated heterocycles. The normalized spacial score (nSPS) is 26.7. The summed E-state index contributed by atoms with van der Waals surface area (Å²) in [6.07, 6.45) is 6.35. The van der Waals surface area contributed by atoms with Crippen molar-refractivity contribution in [1.29, 1.82) is 0 Å².